The van der Waals surface area contributed by atoms with E-state index >= 15 is 0 Å². The monoisotopic (exact) mass is 405 g/mol. The predicted octanol–water partition coefficient (Wildman–Crippen LogP) is 3.22. The molecule has 0 saturated heterocycles. The van der Waals surface area contributed by atoms with Crippen LogP contribution < -0.4 is 5.32 Å². The second-order valence-electron chi connectivity index (χ2n) is 6.10. The van der Waals surface area contributed by atoms with Crippen molar-refractivity contribution >= 4 is 27.1 Å². The van der Waals surface area contributed by atoms with Crippen LogP contribution in [0.25, 0.3) is 11.5 Å². The molecule has 0 aliphatic heterocycles. The van der Waals surface area contributed by atoms with E-state index in [9.17, 15) is 13.2 Å². The molecule has 1 amide bonds. The number of thiophene rings is 1. The summed E-state index contributed by atoms with van der Waals surface area (Å²) in [5, 5.41) is 12.6. The number of carbonyl (C=O) groups excluding carboxylic acids is 1. The minimum absolute atomic E-state index is 0.0195. The van der Waals surface area contributed by atoms with Crippen LogP contribution in [0.3, 0.4) is 0 Å². The van der Waals surface area contributed by atoms with Crippen LogP contribution in [0.5, 0.6) is 0 Å². The van der Waals surface area contributed by atoms with E-state index in [-0.39, 0.29) is 29.5 Å². The quantitative estimate of drug-likeness (QED) is 0.647. The van der Waals surface area contributed by atoms with Crippen molar-refractivity contribution in [3.8, 4) is 11.5 Å². The van der Waals surface area contributed by atoms with Gasteiger partial charge in [0.25, 0.3) is 5.91 Å². The molecule has 3 rings (SSSR count). The first-order valence-corrected chi connectivity index (χ1v) is 11.2. The van der Waals surface area contributed by atoms with E-state index in [4.69, 9.17) is 4.42 Å². The Labute approximate surface area is 161 Å². The Morgan fingerprint density at radius 1 is 1.26 bits per heavy atom. The Morgan fingerprint density at radius 3 is 2.74 bits per heavy atom. The van der Waals surface area contributed by atoms with Gasteiger partial charge in [-0.2, -0.15) is 0 Å². The van der Waals surface area contributed by atoms with Gasteiger partial charge in [0.1, 0.15) is 5.75 Å². The Hall–Kier alpha value is -2.52. The van der Waals surface area contributed by atoms with E-state index in [2.05, 4.69) is 15.5 Å². The molecule has 9 heteroatoms. The lowest BCUT2D eigenvalue weighted by Crippen LogP contribution is -2.27. The fourth-order valence-corrected chi connectivity index (χ4v) is 3.98. The maximum atomic E-state index is 12.6. The zero-order chi connectivity index (χ0) is 19.4. The molecule has 1 atom stereocenters. The largest absolute Gasteiger partial charge is 0.420 e. The number of amides is 1. The van der Waals surface area contributed by atoms with Gasteiger partial charge in [-0.15, -0.1) is 21.5 Å². The standard InChI is InChI=1S/C18H19N3O4S2/c1-3-14(15-8-5-9-26-15)19-17(22)12-6-4-7-13(10-12)18-21-20-16(25-18)11-27(2,23)24/h4-10,14H,3,11H2,1-2H3,(H,19,22)/t14-/m0/s1. The molecule has 2 heterocycles. The highest BCUT2D eigenvalue weighted by molar-refractivity contribution is 7.89. The molecular weight excluding hydrogens is 386 g/mol. The molecule has 0 spiro atoms. The van der Waals surface area contributed by atoms with E-state index in [0.717, 1.165) is 17.6 Å². The third kappa shape index (κ3) is 5.01. The van der Waals surface area contributed by atoms with Gasteiger partial charge in [0, 0.05) is 22.3 Å². The maximum Gasteiger partial charge on any atom is 0.251 e. The van der Waals surface area contributed by atoms with Gasteiger partial charge in [-0.05, 0) is 36.1 Å². The van der Waals surface area contributed by atoms with E-state index in [0.29, 0.717) is 11.1 Å². The van der Waals surface area contributed by atoms with Crippen LogP contribution in [0, 0.1) is 0 Å². The normalized spacial score (nSPS) is 12.7. The minimum Gasteiger partial charge on any atom is -0.420 e. The summed E-state index contributed by atoms with van der Waals surface area (Å²) in [5.74, 6) is -0.327. The number of hydrogen-bond acceptors (Lipinski definition) is 7. The lowest BCUT2D eigenvalue weighted by atomic mass is 10.1. The van der Waals surface area contributed by atoms with Gasteiger partial charge in [-0.3, -0.25) is 4.79 Å². The van der Waals surface area contributed by atoms with Gasteiger partial charge >= 0.3 is 0 Å². The van der Waals surface area contributed by atoms with Gasteiger partial charge in [0.05, 0.1) is 6.04 Å². The summed E-state index contributed by atoms with van der Waals surface area (Å²) in [6.45, 7) is 2.02. The fourth-order valence-electron chi connectivity index (χ4n) is 2.55. The first-order valence-electron chi connectivity index (χ1n) is 8.30. The van der Waals surface area contributed by atoms with Crippen molar-refractivity contribution in [2.45, 2.75) is 25.1 Å². The summed E-state index contributed by atoms with van der Waals surface area (Å²) in [5.41, 5.74) is 1.02. The second-order valence-corrected chi connectivity index (χ2v) is 9.22. The molecule has 1 aromatic carbocycles. The van der Waals surface area contributed by atoms with Crippen molar-refractivity contribution in [2.75, 3.05) is 6.26 Å². The maximum absolute atomic E-state index is 12.6. The Morgan fingerprint density at radius 2 is 2.07 bits per heavy atom. The molecule has 142 valence electrons. The summed E-state index contributed by atoms with van der Waals surface area (Å²) in [4.78, 5) is 13.7. The van der Waals surface area contributed by atoms with Crippen LogP contribution in [0.1, 0.15) is 40.5 Å². The average molecular weight is 406 g/mol. The van der Waals surface area contributed by atoms with E-state index in [1.807, 2.05) is 24.4 Å². The summed E-state index contributed by atoms with van der Waals surface area (Å²) < 4.78 is 28.1. The Kier molecular flexibility index (Phi) is 5.71. The highest BCUT2D eigenvalue weighted by atomic mass is 32.2. The first kappa shape index (κ1) is 19.2. The van der Waals surface area contributed by atoms with Gasteiger partial charge in [0.2, 0.25) is 11.8 Å². The zero-order valence-corrected chi connectivity index (χ0v) is 16.5. The SMILES string of the molecule is CC[C@H](NC(=O)c1cccc(-c2nnc(CS(C)(=O)=O)o2)c1)c1cccs1. The molecule has 0 saturated carbocycles. The highest BCUT2D eigenvalue weighted by Gasteiger charge is 2.17. The fraction of sp³-hybridized carbons (Fsp3) is 0.278. The van der Waals surface area contributed by atoms with Crippen molar-refractivity contribution in [1.82, 2.24) is 15.5 Å². The van der Waals surface area contributed by atoms with Crippen LogP contribution >= 0.6 is 11.3 Å². The number of nitrogens with one attached hydrogen (secondary N) is 1. The molecule has 2 aromatic heterocycles. The van der Waals surface area contributed by atoms with Crippen LogP contribution in [-0.4, -0.2) is 30.8 Å². The van der Waals surface area contributed by atoms with Gasteiger partial charge in [-0.1, -0.05) is 19.1 Å². The molecule has 27 heavy (non-hydrogen) atoms. The topological polar surface area (TPSA) is 102 Å². The molecule has 0 radical (unpaired) electrons. The number of hydrogen-bond donors (Lipinski definition) is 1. The van der Waals surface area contributed by atoms with Gasteiger partial charge < -0.3 is 9.73 Å². The Balaban J connectivity index is 1.78. The molecule has 0 unspecified atom stereocenters. The first-order chi connectivity index (χ1) is 12.9. The second kappa shape index (κ2) is 8.01. The molecule has 0 fully saturated rings. The molecule has 7 nitrogen and oxygen atoms in total. The zero-order valence-electron chi connectivity index (χ0n) is 14.9. The van der Waals surface area contributed by atoms with Crippen molar-refractivity contribution in [2.24, 2.45) is 0 Å². The average Bonchev–Trinajstić information content (AvgIpc) is 3.30. The van der Waals surface area contributed by atoms with Crippen molar-refractivity contribution in [3.63, 3.8) is 0 Å². The van der Waals surface area contributed by atoms with Gasteiger partial charge in [0.15, 0.2) is 9.84 Å². The minimum atomic E-state index is -3.26. The molecule has 0 bridgehead atoms. The number of carbonyl (C=O) groups is 1. The summed E-state index contributed by atoms with van der Waals surface area (Å²) >= 11 is 1.60. The van der Waals surface area contributed by atoms with Crippen LogP contribution in [0.4, 0.5) is 0 Å². The molecule has 0 aliphatic rings. The highest BCUT2D eigenvalue weighted by Crippen LogP contribution is 2.23. The molecule has 0 aliphatic carbocycles. The van der Waals surface area contributed by atoms with Crippen LogP contribution in [0.15, 0.2) is 46.2 Å². The molecule has 3 aromatic rings. The van der Waals surface area contributed by atoms with Crippen LogP contribution in [0.2, 0.25) is 0 Å². The summed E-state index contributed by atoms with van der Waals surface area (Å²) in [7, 11) is -3.26. The number of benzene rings is 1. The number of nitrogens with zero attached hydrogens (tertiary/aromatic N) is 2. The third-order valence-corrected chi connectivity index (χ3v) is 5.58. The van der Waals surface area contributed by atoms with Gasteiger partial charge in [-0.25, -0.2) is 8.42 Å². The van der Waals surface area contributed by atoms with Crippen molar-refractivity contribution in [3.05, 3.63) is 58.1 Å². The number of aromatic nitrogens is 2. The lowest BCUT2D eigenvalue weighted by molar-refractivity contribution is 0.0936. The smallest absolute Gasteiger partial charge is 0.251 e. The van der Waals surface area contributed by atoms with E-state index in [1.165, 1.54) is 0 Å². The number of rotatable bonds is 7. The van der Waals surface area contributed by atoms with E-state index in [1.54, 1.807) is 35.6 Å². The van der Waals surface area contributed by atoms with Crippen molar-refractivity contribution < 1.29 is 17.6 Å². The number of sulfone groups is 1. The summed E-state index contributed by atoms with van der Waals surface area (Å²) in [6, 6.07) is 10.7. The third-order valence-electron chi connectivity index (χ3n) is 3.82. The van der Waals surface area contributed by atoms with Crippen molar-refractivity contribution in [1.29, 1.82) is 0 Å². The van der Waals surface area contributed by atoms with Crippen LogP contribution in [-0.2, 0) is 15.6 Å². The van der Waals surface area contributed by atoms with E-state index < -0.39 is 9.84 Å². The predicted molar refractivity (Wildman–Crippen MR) is 103 cm³/mol. The summed E-state index contributed by atoms with van der Waals surface area (Å²) in [6.07, 6.45) is 1.88. The molecule has 1 N–H and O–H groups in total. The molecular formula is C18H19N3O4S2. The lowest BCUT2D eigenvalue weighted by Gasteiger charge is -2.15. The Bertz CT molecular complexity index is 1030.